The number of nitrogens with zero attached hydrogens (tertiary/aromatic N) is 3. The van der Waals surface area contributed by atoms with Crippen LogP contribution in [0.5, 0.6) is 11.6 Å². The first-order valence-corrected chi connectivity index (χ1v) is 17.6. The quantitative estimate of drug-likeness (QED) is 0.447. The van der Waals surface area contributed by atoms with Gasteiger partial charge in [-0.15, -0.1) is 0 Å². The van der Waals surface area contributed by atoms with E-state index in [2.05, 4.69) is 33.9 Å². The lowest BCUT2D eigenvalue weighted by Gasteiger charge is -2.27. The summed E-state index contributed by atoms with van der Waals surface area (Å²) < 4.78 is 38.8. The highest BCUT2D eigenvalue weighted by molar-refractivity contribution is 7.91. The van der Waals surface area contributed by atoms with Crippen LogP contribution in [0.25, 0.3) is 11.0 Å². The van der Waals surface area contributed by atoms with Crippen molar-refractivity contribution in [2.24, 2.45) is 17.8 Å². The standard InChI is InChI=1S/C33H43N5O7S/c1-20-7-5-6-8-22-17-33(22,31(41)37-46(42,43)32(3)11-12-32)36-30(40)27-16-24(19-38(27)29(39)14-21(2)13-20)45-28-18-34-25-10-9-23(44-4)15-26(25)35-28/h6,8-10,15,18,20-22,24,27H,5,7,11-14,16-17,19H2,1-4H3,(H,36,40)(H,37,41)/b8-6-/t20-,21-,22-,24-,27+,33-/m1/s1. The molecule has 3 amide bonds. The molecule has 3 heterocycles. The van der Waals surface area contributed by atoms with Crippen LogP contribution in [0.4, 0.5) is 0 Å². The van der Waals surface area contributed by atoms with Crippen LogP contribution < -0.4 is 19.5 Å². The van der Waals surface area contributed by atoms with Crippen LogP contribution in [0.2, 0.25) is 0 Å². The van der Waals surface area contributed by atoms with Crippen molar-refractivity contribution in [2.45, 2.75) is 94.6 Å². The first-order valence-electron chi connectivity index (χ1n) is 16.1. The summed E-state index contributed by atoms with van der Waals surface area (Å²) in [4.78, 5) is 51.9. The molecule has 0 spiro atoms. The minimum atomic E-state index is -3.91. The van der Waals surface area contributed by atoms with Gasteiger partial charge in [-0.25, -0.2) is 18.4 Å². The number of allylic oxidation sites excluding steroid dienone is 1. The average molecular weight is 654 g/mol. The minimum absolute atomic E-state index is 0.112. The van der Waals surface area contributed by atoms with Gasteiger partial charge in [0.2, 0.25) is 27.7 Å². The van der Waals surface area contributed by atoms with Gasteiger partial charge < -0.3 is 19.7 Å². The molecular formula is C33H43N5O7S. The Hall–Kier alpha value is -3.74. The van der Waals surface area contributed by atoms with Crippen LogP contribution in [0.1, 0.15) is 72.1 Å². The van der Waals surface area contributed by atoms with Gasteiger partial charge in [0.25, 0.3) is 5.91 Å². The summed E-state index contributed by atoms with van der Waals surface area (Å²) in [6.45, 7) is 5.99. The molecule has 6 atom stereocenters. The molecule has 0 bridgehead atoms. The molecule has 4 aliphatic rings. The zero-order valence-corrected chi connectivity index (χ0v) is 27.6. The molecule has 3 fully saturated rings. The van der Waals surface area contributed by atoms with Crippen molar-refractivity contribution >= 4 is 38.8 Å². The summed E-state index contributed by atoms with van der Waals surface area (Å²) in [5.74, 6) is -0.395. The lowest BCUT2D eigenvalue weighted by Crippen LogP contribution is -2.57. The summed E-state index contributed by atoms with van der Waals surface area (Å²) in [7, 11) is -2.35. The van der Waals surface area contributed by atoms with E-state index < -0.39 is 44.3 Å². The van der Waals surface area contributed by atoms with E-state index in [1.54, 1.807) is 37.1 Å². The fourth-order valence-electron chi connectivity index (χ4n) is 6.75. The Morgan fingerprint density at radius 1 is 1.13 bits per heavy atom. The molecule has 2 aromatic rings. The van der Waals surface area contributed by atoms with Crippen LogP contribution in [0.15, 0.2) is 36.5 Å². The molecule has 12 nitrogen and oxygen atoms in total. The smallest absolute Gasteiger partial charge is 0.259 e. The van der Waals surface area contributed by atoms with Crippen molar-refractivity contribution < 1.29 is 32.3 Å². The molecule has 46 heavy (non-hydrogen) atoms. The van der Waals surface area contributed by atoms with Gasteiger partial charge in [-0.1, -0.05) is 26.0 Å². The second-order valence-corrected chi connectivity index (χ2v) is 16.1. The van der Waals surface area contributed by atoms with E-state index >= 15 is 0 Å². The van der Waals surface area contributed by atoms with Gasteiger partial charge in [-0.05, 0) is 69.4 Å². The molecule has 0 unspecified atom stereocenters. The number of carbonyl (C=O) groups is 3. The molecule has 13 heteroatoms. The van der Waals surface area contributed by atoms with Crippen molar-refractivity contribution in [3.63, 3.8) is 0 Å². The second kappa shape index (κ2) is 12.1. The second-order valence-electron chi connectivity index (χ2n) is 13.9. The first-order chi connectivity index (χ1) is 21.8. The molecule has 0 radical (unpaired) electrons. The third-order valence-corrected chi connectivity index (χ3v) is 12.2. The molecule has 2 N–H and O–H groups in total. The third kappa shape index (κ3) is 6.43. The van der Waals surface area contributed by atoms with E-state index in [1.165, 1.54) is 6.20 Å². The maximum absolute atomic E-state index is 14.0. The number of nitrogens with one attached hydrogen (secondary N) is 2. The van der Waals surface area contributed by atoms with Gasteiger partial charge in [0.1, 0.15) is 23.4 Å². The van der Waals surface area contributed by atoms with E-state index in [1.807, 2.05) is 12.2 Å². The summed E-state index contributed by atoms with van der Waals surface area (Å²) in [5.41, 5.74) is -0.168. The number of rotatable bonds is 6. The zero-order chi connectivity index (χ0) is 32.9. The van der Waals surface area contributed by atoms with Crippen LogP contribution in [-0.4, -0.2) is 77.1 Å². The summed E-state index contributed by atoms with van der Waals surface area (Å²) >= 11 is 0. The topological polar surface area (TPSA) is 157 Å². The van der Waals surface area contributed by atoms with Gasteiger partial charge in [0, 0.05) is 24.8 Å². The minimum Gasteiger partial charge on any atom is -0.497 e. The van der Waals surface area contributed by atoms with Crippen molar-refractivity contribution in [3.8, 4) is 11.6 Å². The number of amides is 3. The van der Waals surface area contributed by atoms with Crippen LogP contribution >= 0.6 is 0 Å². The summed E-state index contributed by atoms with van der Waals surface area (Å²) in [6, 6.07) is 4.43. The van der Waals surface area contributed by atoms with Gasteiger partial charge in [0.05, 0.1) is 35.6 Å². The predicted molar refractivity (Wildman–Crippen MR) is 170 cm³/mol. The van der Waals surface area contributed by atoms with Crippen molar-refractivity contribution in [3.05, 3.63) is 36.5 Å². The highest BCUT2D eigenvalue weighted by atomic mass is 32.2. The number of hydrogen-bond donors (Lipinski definition) is 2. The number of carbonyl (C=O) groups excluding carboxylic acids is 3. The molecule has 1 aromatic carbocycles. The van der Waals surface area contributed by atoms with Crippen LogP contribution in [0.3, 0.4) is 0 Å². The van der Waals surface area contributed by atoms with Gasteiger partial charge >= 0.3 is 0 Å². The SMILES string of the molecule is COc1ccc2ncc(O[C@@H]3C[C@H]4C(=O)N[C@]5(C(=O)NS(=O)(=O)C6(C)CC6)C[C@H]5/C=C\CC[C@@H](C)C[C@@H](C)CC(=O)N4C3)nc2c1. The highest BCUT2D eigenvalue weighted by Gasteiger charge is 2.63. The van der Waals surface area contributed by atoms with Gasteiger partial charge in [-0.2, -0.15) is 0 Å². The maximum atomic E-state index is 14.0. The summed E-state index contributed by atoms with van der Waals surface area (Å²) in [5, 5.41) is 2.91. The Balaban J connectivity index is 1.26. The van der Waals surface area contributed by atoms with Gasteiger partial charge in [-0.3, -0.25) is 19.1 Å². The van der Waals surface area contributed by atoms with Crippen molar-refractivity contribution in [1.82, 2.24) is 24.9 Å². The van der Waals surface area contributed by atoms with E-state index in [0.717, 1.165) is 19.3 Å². The number of ether oxygens (including phenoxy) is 2. The monoisotopic (exact) mass is 653 g/mol. The van der Waals surface area contributed by atoms with E-state index in [0.29, 0.717) is 35.5 Å². The lowest BCUT2D eigenvalue weighted by atomic mass is 9.91. The lowest BCUT2D eigenvalue weighted by molar-refractivity contribution is -0.140. The fourth-order valence-corrected chi connectivity index (χ4v) is 8.06. The van der Waals surface area contributed by atoms with E-state index in [4.69, 9.17) is 9.47 Å². The largest absolute Gasteiger partial charge is 0.497 e. The Kier molecular flexibility index (Phi) is 8.49. The van der Waals surface area contributed by atoms with Crippen LogP contribution in [-0.2, 0) is 24.4 Å². The number of hydrogen-bond acceptors (Lipinski definition) is 9. The number of fused-ring (bicyclic) bond motifs is 3. The first kappa shape index (κ1) is 32.2. The number of sulfonamides is 1. The van der Waals surface area contributed by atoms with Crippen LogP contribution in [0, 0.1) is 17.8 Å². The number of benzene rings is 1. The number of methoxy groups -OCH3 is 1. The average Bonchev–Trinajstić information content (AvgIpc) is 3.88. The Labute approximate surface area is 269 Å². The Morgan fingerprint density at radius 3 is 2.65 bits per heavy atom. The zero-order valence-electron chi connectivity index (χ0n) is 26.8. The Morgan fingerprint density at radius 2 is 1.91 bits per heavy atom. The van der Waals surface area contributed by atoms with E-state index in [-0.39, 0.29) is 49.4 Å². The van der Waals surface area contributed by atoms with Crippen molar-refractivity contribution in [2.75, 3.05) is 13.7 Å². The molecular weight excluding hydrogens is 610 g/mol. The van der Waals surface area contributed by atoms with Crippen molar-refractivity contribution in [1.29, 1.82) is 0 Å². The molecule has 1 aromatic heterocycles. The predicted octanol–water partition coefficient (Wildman–Crippen LogP) is 3.26. The molecule has 6 rings (SSSR count). The molecule has 248 valence electrons. The van der Waals surface area contributed by atoms with E-state index in [9.17, 15) is 22.8 Å². The molecule has 2 aliphatic carbocycles. The number of aromatic nitrogens is 2. The Bertz CT molecular complexity index is 1680. The fraction of sp³-hybridized carbons (Fsp3) is 0.606. The maximum Gasteiger partial charge on any atom is 0.259 e. The summed E-state index contributed by atoms with van der Waals surface area (Å²) in [6.07, 6.45) is 9.14. The normalized spacial score (nSPS) is 31.8. The molecule has 2 aliphatic heterocycles. The molecule has 2 saturated carbocycles. The molecule has 1 saturated heterocycles. The highest BCUT2D eigenvalue weighted by Crippen LogP contribution is 2.47. The third-order valence-electron chi connectivity index (χ3n) is 10.0. The van der Waals surface area contributed by atoms with Gasteiger partial charge in [0.15, 0.2) is 0 Å².